The molecule has 0 bridgehead atoms. The average molecular weight is 289 g/mol. The molecule has 0 aliphatic heterocycles. The van der Waals surface area contributed by atoms with Crippen molar-refractivity contribution >= 4 is 18.0 Å². The van der Waals surface area contributed by atoms with E-state index >= 15 is 0 Å². The Balaban J connectivity index is 2.54. The van der Waals surface area contributed by atoms with Gasteiger partial charge in [-0.05, 0) is 37.8 Å². The summed E-state index contributed by atoms with van der Waals surface area (Å²) in [5.41, 5.74) is 3.85. The highest BCUT2D eigenvalue weighted by Crippen LogP contribution is 2.13. The molecule has 0 aliphatic carbocycles. The zero-order chi connectivity index (χ0) is 16.0. The van der Waals surface area contributed by atoms with Crippen molar-refractivity contribution in [2.24, 2.45) is 5.10 Å². The van der Waals surface area contributed by atoms with Gasteiger partial charge in [0.15, 0.2) is 0 Å². The van der Waals surface area contributed by atoms with E-state index in [1.807, 2.05) is 24.3 Å². The first kappa shape index (κ1) is 16.9. The van der Waals surface area contributed by atoms with Crippen molar-refractivity contribution in [1.82, 2.24) is 10.7 Å². The van der Waals surface area contributed by atoms with Gasteiger partial charge in [-0.2, -0.15) is 5.10 Å². The molecule has 2 N–H and O–H groups in total. The summed E-state index contributed by atoms with van der Waals surface area (Å²) in [6, 6.07) is 7.86. The largest absolute Gasteiger partial charge is 0.343 e. The molecule has 1 aromatic carbocycles. The fourth-order valence-corrected chi connectivity index (χ4v) is 1.58. The standard InChI is InChI=1S/C16H23N3O2/c1-11(2)13-8-6-12(7-9-13)10-17-19-15(21)14(20)18-16(3,4)5/h6-11H,1-5H3,(H,18,20)(H,19,21)/b17-10-. The summed E-state index contributed by atoms with van der Waals surface area (Å²) in [5, 5.41) is 6.34. The van der Waals surface area contributed by atoms with Gasteiger partial charge < -0.3 is 5.32 Å². The second-order valence-corrected chi connectivity index (χ2v) is 6.22. The Morgan fingerprint density at radius 3 is 2.14 bits per heavy atom. The molecule has 114 valence electrons. The van der Waals surface area contributed by atoms with Gasteiger partial charge in [-0.15, -0.1) is 0 Å². The van der Waals surface area contributed by atoms with Crippen molar-refractivity contribution in [2.75, 3.05) is 0 Å². The first-order valence-electron chi connectivity index (χ1n) is 6.94. The number of carbonyl (C=O) groups is 2. The minimum atomic E-state index is -0.778. The first-order valence-corrected chi connectivity index (χ1v) is 6.94. The summed E-state index contributed by atoms with van der Waals surface area (Å²) in [7, 11) is 0. The molecule has 0 atom stereocenters. The number of hydrogen-bond donors (Lipinski definition) is 2. The van der Waals surface area contributed by atoms with Gasteiger partial charge in [0.25, 0.3) is 0 Å². The molecule has 1 rings (SSSR count). The van der Waals surface area contributed by atoms with E-state index in [9.17, 15) is 9.59 Å². The Hall–Kier alpha value is -2.17. The van der Waals surface area contributed by atoms with Crippen LogP contribution in [0.15, 0.2) is 29.4 Å². The number of hydrogen-bond acceptors (Lipinski definition) is 3. The van der Waals surface area contributed by atoms with Crippen LogP contribution in [-0.4, -0.2) is 23.6 Å². The SMILES string of the molecule is CC(C)c1ccc(/C=N\NC(=O)C(=O)NC(C)(C)C)cc1. The third kappa shape index (κ3) is 6.21. The minimum Gasteiger partial charge on any atom is -0.343 e. The second kappa shape index (κ2) is 7.02. The van der Waals surface area contributed by atoms with Crippen molar-refractivity contribution in [1.29, 1.82) is 0 Å². The molecular weight excluding hydrogens is 266 g/mol. The van der Waals surface area contributed by atoms with Gasteiger partial charge in [0.05, 0.1) is 6.21 Å². The highest BCUT2D eigenvalue weighted by atomic mass is 16.2. The highest BCUT2D eigenvalue weighted by Gasteiger charge is 2.19. The van der Waals surface area contributed by atoms with Crippen molar-refractivity contribution in [3.63, 3.8) is 0 Å². The number of nitrogens with one attached hydrogen (secondary N) is 2. The van der Waals surface area contributed by atoms with E-state index in [1.54, 1.807) is 20.8 Å². The van der Waals surface area contributed by atoms with Gasteiger partial charge >= 0.3 is 11.8 Å². The van der Waals surface area contributed by atoms with Crippen molar-refractivity contribution in [3.8, 4) is 0 Å². The van der Waals surface area contributed by atoms with Gasteiger partial charge in [0.2, 0.25) is 0 Å². The molecule has 0 fully saturated rings. The summed E-state index contributed by atoms with van der Waals surface area (Å²) in [6.45, 7) is 9.65. The molecule has 5 heteroatoms. The van der Waals surface area contributed by atoms with E-state index in [1.165, 1.54) is 11.8 Å². The van der Waals surface area contributed by atoms with Crippen LogP contribution in [0.5, 0.6) is 0 Å². The normalized spacial score (nSPS) is 11.7. The van der Waals surface area contributed by atoms with Gasteiger partial charge in [0.1, 0.15) is 0 Å². The fourth-order valence-electron chi connectivity index (χ4n) is 1.58. The third-order valence-corrected chi connectivity index (χ3v) is 2.68. The Labute approximate surface area is 125 Å². The third-order valence-electron chi connectivity index (χ3n) is 2.68. The number of rotatable bonds is 3. The zero-order valence-electron chi connectivity index (χ0n) is 13.2. The molecule has 0 aliphatic rings. The maximum Gasteiger partial charge on any atom is 0.329 e. The van der Waals surface area contributed by atoms with E-state index in [2.05, 4.69) is 29.7 Å². The predicted molar refractivity (Wildman–Crippen MR) is 84.2 cm³/mol. The van der Waals surface area contributed by atoms with Crippen LogP contribution in [0, 0.1) is 0 Å². The van der Waals surface area contributed by atoms with Crippen LogP contribution < -0.4 is 10.7 Å². The molecule has 5 nitrogen and oxygen atoms in total. The van der Waals surface area contributed by atoms with Crippen LogP contribution in [0.2, 0.25) is 0 Å². The number of carbonyl (C=O) groups excluding carboxylic acids is 2. The molecule has 0 saturated heterocycles. The smallest absolute Gasteiger partial charge is 0.329 e. The Bertz CT molecular complexity index is 525. The van der Waals surface area contributed by atoms with Gasteiger partial charge in [-0.3, -0.25) is 9.59 Å². The Morgan fingerprint density at radius 2 is 1.67 bits per heavy atom. The lowest BCUT2D eigenvalue weighted by atomic mass is 10.0. The molecule has 0 unspecified atom stereocenters. The number of hydrazone groups is 1. The molecule has 0 saturated carbocycles. The summed E-state index contributed by atoms with van der Waals surface area (Å²) >= 11 is 0. The number of amides is 2. The number of nitrogens with zero attached hydrogens (tertiary/aromatic N) is 1. The summed E-state index contributed by atoms with van der Waals surface area (Å²) in [6.07, 6.45) is 1.51. The Kier molecular flexibility index (Phi) is 5.64. The van der Waals surface area contributed by atoms with E-state index in [0.29, 0.717) is 5.92 Å². The highest BCUT2D eigenvalue weighted by molar-refractivity contribution is 6.35. The molecular formula is C16H23N3O2. The molecule has 0 aromatic heterocycles. The topological polar surface area (TPSA) is 70.6 Å². The van der Waals surface area contributed by atoms with Crippen molar-refractivity contribution in [3.05, 3.63) is 35.4 Å². The van der Waals surface area contributed by atoms with Crippen LogP contribution in [0.25, 0.3) is 0 Å². The monoisotopic (exact) mass is 289 g/mol. The average Bonchev–Trinajstić information content (AvgIpc) is 2.37. The van der Waals surface area contributed by atoms with Crippen molar-refractivity contribution < 1.29 is 9.59 Å². The lowest BCUT2D eigenvalue weighted by Crippen LogP contribution is -2.47. The maximum absolute atomic E-state index is 11.5. The summed E-state index contributed by atoms with van der Waals surface area (Å²) in [5.74, 6) is -1.01. The van der Waals surface area contributed by atoms with Crippen molar-refractivity contribution in [2.45, 2.75) is 46.1 Å². The fraction of sp³-hybridized carbons (Fsp3) is 0.438. The second-order valence-electron chi connectivity index (χ2n) is 6.22. The molecule has 0 spiro atoms. The minimum absolute atomic E-state index is 0.454. The maximum atomic E-state index is 11.5. The van der Waals surface area contributed by atoms with E-state index in [0.717, 1.165) is 5.56 Å². The van der Waals surface area contributed by atoms with Crippen LogP contribution in [-0.2, 0) is 9.59 Å². The van der Waals surface area contributed by atoms with E-state index < -0.39 is 17.4 Å². The van der Waals surface area contributed by atoms with Gasteiger partial charge in [0, 0.05) is 5.54 Å². The molecule has 21 heavy (non-hydrogen) atoms. The van der Waals surface area contributed by atoms with Crippen LogP contribution in [0.3, 0.4) is 0 Å². The van der Waals surface area contributed by atoms with Crippen LogP contribution >= 0.6 is 0 Å². The summed E-state index contributed by atoms with van der Waals surface area (Å²) < 4.78 is 0. The zero-order valence-corrected chi connectivity index (χ0v) is 13.2. The summed E-state index contributed by atoms with van der Waals surface area (Å²) in [4.78, 5) is 23.0. The quantitative estimate of drug-likeness (QED) is 0.508. The van der Waals surface area contributed by atoms with Crippen LogP contribution in [0.1, 0.15) is 51.7 Å². The van der Waals surface area contributed by atoms with Gasteiger partial charge in [-0.25, -0.2) is 5.43 Å². The molecule has 2 amide bonds. The molecule has 1 aromatic rings. The predicted octanol–water partition coefficient (Wildman–Crippen LogP) is 2.17. The Morgan fingerprint density at radius 1 is 1.10 bits per heavy atom. The molecule has 0 heterocycles. The number of benzene rings is 1. The van der Waals surface area contributed by atoms with Gasteiger partial charge in [-0.1, -0.05) is 38.1 Å². The van der Waals surface area contributed by atoms with E-state index in [-0.39, 0.29) is 0 Å². The van der Waals surface area contributed by atoms with Crippen LogP contribution in [0.4, 0.5) is 0 Å². The van der Waals surface area contributed by atoms with E-state index in [4.69, 9.17) is 0 Å². The lowest BCUT2D eigenvalue weighted by Gasteiger charge is -2.19. The lowest BCUT2D eigenvalue weighted by molar-refractivity contribution is -0.140. The molecule has 0 radical (unpaired) electrons. The first-order chi connectivity index (χ1) is 9.69.